The van der Waals surface area contributed by atoms with Crippen molar-refractivity contribution in [3.8, 4) is 33.6 Å². The van der Waals surface area contributed by atoms with Crippen LogP contribution in [-0.4, -0.2) is 19.8 Å². The molecule has 6 aromatic carbocycles. The van der Waals surface area contributed by atoms with Crippen LogP contribution in [0.15, 0.2) is 169 Å². The van der Waals surface area contributed by atoms with Gasteiger partial charge in [-0.3, -0.25) is 9.98 Å². The number of nitrogens with zero attached hydrogens (tertiary/aromatic N) is 4. The molecule has 0 atom stereocenters. The van der Waals surface area contributed by atoms with Crippen LogP contribution in [0.1, 0.15) is 28.8 Å². The maximum Gasteiger partial charge on any atom is 0.0748 e. The van der Waals surface area contributed by atoms with Crippen molar-refractivity contribution in [1.82, 2.24) is 14.1 Å². The average Bonchev–Trinajstić information content (AvgIpc) is 3.91. The minimum atomic E-state index is 0.766. The third-order valence-electron chi connectivity index (χ3n) is 11.1. The van der Waals surface area contributed by atoms with Gasteiger partial charge in [0.25, 0.3) is 0 Å². The van der Waals surface area contributed by atoms with Crippen molar-refractivity contribution in [2.24, 2.45) is 4.99 Å². The number of para-hydroxylation sites is 3. The van der Waals surface area contributed by atoms with Gasteiger partial charge in [0.05, 0.1) is 27.9 Å². The number of benzene rings is 6. The smallest absolute Gasteiger partial charge is 0.0748 e. The minimum absolute atomic E-state index is 0.766. The number of hydrogen-bond acceptors (Lipinski definition) is 2. The molecule has 250 valence electrons. The summed E-state index contributed by atoms with van der Waals surface area (Å²) in [6, 6.07) is 53.0. The summed E-state index contributed by atoms with van der Waals surface area (Å²) in [5, 5.41) is 3.77. The predicted octanol–water partition coefficient (Wildman–Crippen LogP) is 12.1. The number of hydrogen-bond donors (Lipinski definition) is 0. The summed E-state index contributed by atoms with van der Waals surface area (Å²) in [5.74, 6) is 0. The molecule has 0 saturated heterocycles. The quantitative estimate of drug-likeness (QED) is 0.178. The van der Waals surface area contributed by atoms with Gasteiger partial charge in [0, 0.05) is 68.7 Å². The molecule has 9 aromatic rings. The first-order valence-electron chi connectivity index (χ1n) is 18.4. The van der Waals surface area contributed by atoms with Gasteiger partial charge in [-0.25, -0.2) is 0 Å². The van der Waals surface area contributed by atoms with Gasteiger partial charge in [0.2, 0.25) is 0 Å². The molecule has 0 radical (unpaired) electrons. The third-order valence-corrected chi connectivity index (χ3v) is 11.1. The summed E-state index contributed by atoms with van der Waals surface area (Å²) in [5.41, 5.74) is 17.9. The fourth-order valence-corrected chi connectivity index (χ4v) is 8.67. The van der Waals surface area contributed by atoms with Crippen molar-refractivity contribution >= 4 is 50.2 Å². The van der Waals surface area contributed by atoms with E-state index < -0.39 is 0 Å². The largest absolute Gasteiger partial charge is 0.313 e. The van der Waals surface area contributed by atoms with E-state index in [1.54, 1.807) is 0 Å². The van der Waals surface area contributed by atoms with Crippen LogP contribution in [0.2, 0.25) is 0 Å². The van der Waals surface area contributed by atoms with Crippen LogP contribution >= 0.6 is 0 Å². The molecule has 1 aliphatic carbocycles. The Bertz CT molecular complexity index is 2950. The molecule has 53 heavy (non-hydrogen) atoms. The van der Waals surface area contributed by atoms with E-state index in [-0.39, 0.29) is 0 Å². The first kappa shape index (κ1) is 29.9. The second-order valence-electron chi connectivity index (χ2n) is 14.1. The molecule has 2 aliphatic rings. The number of allylic oxidation sites excluding steroid dienone is 1. The predicted molar refractivity (Wildman–Crippen MR) is 220 cm³/mol. The monoisotopic (exact) mass is 678 g/mol. The van der Waals surface area contributed by atoms with Gasteiger partial charge in [-0.15, -0.1) is 0 Å². The first-order valence-corrected chi connectivity index (χ1v) is 18.4. The maximum absolute atomic E-state index is 5.33. The lowest BCUT2D eigenvalue weighted by Gasteiger charge is -2.13. The fourth-order valence-electron chi connectivity index (χ4n) is 8.67. The van der Waals surface area contributed by atoms with Crippen LogP contribution in [0.5, 0.6) is 0 Å². The molecule has 0 spiro atoms. The molecule has 0 fully saturated rings. The molecule has 0 saturated carbocycles. The van der Waals surface area contributed by atoms with Gasteiger partial charge < -0.3 is 9.13 Å². The summed E-state index contributed by atoms with van der Waals surface area (Å²) in [4.78, 5) is 9.76. The fraction of sp³-hybridized carbons (Fsp3) is 0.0612. The Kier molecular flexibility index (Phi) is 6.71. The van der Waals surface area contributed by atoms with Gasteiger partial charge in [0.1, 0.15) is 0 Å². The summed E-state index contributed by atoms with van der Waals surface area (Å²) >= 11 is 0. The maximum atomic E-state index is 5.33. The zero-order valence-electron chi connectivity index (χ0n) is 29.1. The molecular weight excluding hydrogens is 645 g/mol. The van der Waals surface area contributed by atoms with E-state index in [0.717, 1.165) is 47.5 Å². The Morgan fingerprint density at radius 2 is 1.25 bits per heavy atom. The van der Waals surface area contributed by atoms with Crippen LogP contribution in [0, 0.1) is 0 Å². The molecule has 3 aromatic heterocycles. The van der Waals surface area contributed by atoms with Gasteiger partial charge in [-0.05, 0) is 108 Å². The van der Waals surface area contributed by atoms with E-state index in [0.29, 0.717) is 0 Å². The van der Waals surface area contributed by atoms with Gasteiger partial charge in [0.15, 0.2) is 0 Å². The topological polar surface area (TPSA) is 35.1 Å². The highest BCUT2D eigenvalue weighted by molar-refractivity contribution is 6.12. The van der Waals surface area contributed by atoms with Crippen LogP contribution in [0.25, 0.3) is 72.4 Å². The molecule has 4 nitrogen and oxygen atoms in total. The lowest BCUT2D eigenvalue weighted by atomic mass is 9.92. The highest BCUT2D eigenvalue weighted by Gasteiger charge is 2.24. The molecular formula is C49H34N4. The molecule has 0 unspecified atom stereocenters. The van der Waals surface area contributed by atoms with Crippen molar-refractivity contribution < 1.29 is 0 Å². The van der Waals surface area contributed by atoms with Crippen LogP contribution in [-0.2, 0) is 12.8 Å². The Balaban J connectivity index is 1.12. The molecule has 0 amide bonds. The van der Waals surface area contributed by atoms with E-state index in [4.69, 9.17) is 4.99 Å². The number of aromatic nitrogens is 3. The first-order chi connectivity index (χ1) is 26.3. The Labute approximate surface area is 307 Å². The molecule has 4 heteroatoms. The van der Waals surface area contributed by atoms with Crippen molar-refractivity contribution in [3.05, 3.63) is 186 Å². The van der Waals surface area contributed by atoms with E-state index in [9.17, 15) is 0 Å². The molecule has 0 N–H and O–H groups in total. The molecule has 0 bridgehead atoms. The Hall–Kier alpha value is -6.78. The number of aliphatic imine (C=N–C) groups is 1. The Morgan fingerprint density at radius 1 is 0.528 bits per heavy atom. The number of pyridine rings is 1. The van der Waals surface area contributed by atoms with Crippen molar-refractivity contribution in [1.29, 1.82) is 0 Å². The lowest BCUT2D eigenvalue weighted by molar-refractivity contribution is 0.888. The highest BCUT2D eigenvalue weighted by Crippen LogP contribution is 2.45. The van der Waals surface area contributed by atoms with E-state index in [2.05, 4.69) is 166 Å². The number of fused-ring (bicyclic) bond motifs is 7. The zero-order valence-corrected chi connectivity index (χ0v) is 29.1. The second-order valence-corrected chi connectivity index (χ2v) is 14.1. The highest BCUT2D eigenvalue weighted by atomic mass is 15.0. The van der Waals surface area contributed by atoms with Gasteiger partial charge in [-0.1, -0.05) is 84.9 Å². The minimum Gasteiger partial charge on any atom is -0.313 e. The normalized spacial score (nSPS) is 13.5. The summed E-state index contributed by atoms with van der Waals surface area (Å²) < 4.78 is 4.83. The standard InChI is InChI=1S/C49H34N4/c1-3-13-37(14-4-1)52-45-19-9-7-17-39(45)42-27-32(21-23-47(42)52)35-26-36-30-44(34-12-11-25-50-31-34)51-49(36)41(29-35)33-22-24-48-43(28-33)40-18-8-10-20-46(40)53(48)38-15-5-2-6-16-38/h1-8,10-18,20-29,31H,9,19,30H2. The van der Waals surface area contributed by atoms with Crippen LogP contribution < -0.4 is 0 Å². The second kappa shape index (κ2) is 11.9. The summed E-state index contributed by atoms with van der Waals surface area (Å²) in [7, 11) is 0. The SMILES string of the molecule is C1=Cc2c(n(-c3ccccc3)c3ccc(-c4cc5c(c(-c6ccc7c(c6)c6ccccc6n7-c6ccccc6)c4)N=C(c4cccnc4)C5)cc23)CC1. The van der Waals surface area contributed by atoms with E-state index >= 15 is 0 Å². The molecule has 4 heterocycles. The zero-order chi connectivity index (χ0) is 34.9. The third kappa shape index (κ3) is 4.76. The molecule has 11 rings (SSSR count). The van der Waals surface area contributed by atoms with Crippen molar-refractivity contribution in [3.63, 3.8) is 0 Å². The Morgan fingerprint density at radius 3 is 2.06 bits per heavy atom. The summed E-state index contributed by atoms with van der Waals surface area (Å²) in [6.45, 7) is 0. The lowest BCUT2D eigenvalue weighted by Crippen LogP contribution is -2.02. The molecule has 1 aliphatic heterocycles. The van der Waals surface area contributed by atoms with E-state index in [1.807, 2.05) is 18.5 Å². The van der Waals surface area contributed by atoms with Gasteiger partial charge in [-0.2, -0.15) is 0 Å². The van der Waals surface area contributed by atoms with Crippen LogP contribution in [0.4, 0.5) is 5.69 Å². The summed E-state index contributed by atoms with van der Waals surface area (Å²) in [6.07, 6.45) is 11.3. The van der Waals surface area contributed by atoms with Crippen molar-refractivity contribution in [2.75, 3.05) is 0 Å². The van der Waals surface area contributed by atoms with Crippen LogP contribution in [0.3, 0.4) is 0 Å². The van der Waals surface area contributed by atoms with Crippen molar-refractivity contribution in [2.45, 2.75) is 19.3 Å². The van der Waals surface area contributed by atoms with E-state index in [1.165, 1.54) is 71.9 Å². The average molecular weight is 679 g/mol. The number of rotatable bonds is 5. The van der Waals surface area contributed by atoms with Gasteiger partial charge >= 0.3 is 0 Å².